The number of hydrogen-bond donors (Lipinski definition) is 1. The second-order valence-electron chi connectivity index (χ2n) is 10.8. The highest BCUT2D eigenvalue weighted by Crippen LogP contribution is 2.41. The molecule has 0 saturated heterocycles. The standard InChI is InChI=1S/C34H36N2O9.C2H4O2/c1-5-35(14-17-42-22(2)37)25-10-12-29-31(20-25)45-32-21-26(36(15-18-43-23(3)38)16-19-44-24(4)39)11-13-30(32)33(29)27-8-6-7-9-28(27)34(40)41;1-2(3)4/h6-13,20-21H,5,14-19H2,1-4H3;1H3,(H,3,4). The quantitative estimate of drug-likeness (QED) is 0.0950. The average Bonchev–Trinajstić information content (AvgIpc) is 3.03. The van der Waals surface area contributed by atoms with Gasteiger partial charge in [0.25, 0.3) is 5.97 Å². The van der Waals surface area contributed by atoms with Crippen LogP contribution < -0.4 is 19.9 Å². The molecule has 49 heavy (non-hydrogen) atoms. The Labute approximate surface area is 283 Å². The van der Waals surface area contributed by atoms with E-state index >= 15 is 0 Å². The fourth-order valence-electron chi connectivity index (χ4n) is 5.17. The van der Waals surface area contributed by atoms with Gasteiger partial charge >= 0.3 is 17.9 Å². The van der Waals surface area contributed by atoms with Crippen LogP contribution in [0.1, 0.15) is 45.0 Å². The third-order valence-electron chi connectivity index (χ3n) is 7.22. The summed E-state index contributed by atoms with van der Waals surface area (Å²) < 4.78 is 23.9. The van der Waals surface area contributed by atoms with Crippen LogP contribution in [0.25, 0.3) is 33.4 Å². The number of carbonyl (C=O) groups excluding carboxylic acids is 4. The van der Waals surface area contributed by atoms with E-state index in [2.05, 4.69) is 0 Å². The van der Waals surface area contributed by atoms with Gasteiger partial charge in [-0.2, -0.15) is 0 Å². The number of benzene rings is 3. The molecule has 0 amide bonds. The molecule has 1 aliphatic heterocycles. The van der Waals surface area contributed by atoms with Crippen molar-refractivity contribution < 1.29 is 52.8 Å². The molecule has 1 heterocycles. The zero-order chi connectivity index (χ0) is 36.1. The van der Waals surface area contributed by atoms with Gasteiger partial charge in [0.2, 0.25) is 5.36 Å². The lowest BCUT2D eigenvalue weighted by Gasteiger charge is -2.24. The number of anilines is 1. The van der Waals surface area contributed by atoms with Gasteiger partial charge < -0.3 is 38.5 Å². The normalized spacial score (nSPS) is 10.5. The topological polar surface area (TPSA) is 176 Å². The number of carboxylic acid groups (broad SMARTS) is 2. The second-order valence-corrected chi connectivity index (χ2v) is 10.8. The SMILES string of the molecule is CC(=O)O.CCN(CCOC(C)=O)c1ccc2c(-c3ccccc3C(=O)[O-])c3ccc(=[N+](CCOC(C)=O)CCOC(C)=O)cc-3oc2c1. The molecule has 0 aromatic heterocycles. The molecule has 2 aromatic rings. The van der Waals surface area contributed by atoms with Crippen molar-refractivity contribution in [3.05, 3.63) is 71.6 Å². The van der Waals surface area contributed by atoms with Crippen molar-refractivity contribution in [1.82, 2.24) is 4.58 Å². The number of ether oxygens (including phenoxy) is 3. The van der Waals surface area contributed by atoms with Crippen LogP contribution >= 0.6 is 0 Å². The summed E-state index contributed by atoms with van der Waals surface area (Å²) in [5.74, 6) is -2.82. The molecule has 0 saturated carbocycles. The molecular formula is C36H40N2O11. The maximum Gasteiger partial charge on any atom is 0.302 e. The molecule has 1 aliphatic carbocycles. The van der Waals surface area contributed by atoms with E-state index in [1.54, 1.807) is 18.2 Å². The number of aliphatic carboxylic acids is 1. The van der Waals surface area contributed by atoms with E-state index in [0.29, 0.717) is 59.6 Å². The van der Waals surface area contributed by atoms with Gasteiger partial charge in [-0.25, -0.2) is 4.58 Å². The first-order chi connectivity index (χ1) is 23.3. The molecule has 2 aromatic carbocycles. The van der Waals surface area contributed by atoms with Crippen LogP contribution in [0.15, 0.2) is 65.1 Å². The summed E-state index contributed by atoms with van der Waals surface area (Å²) in [6, 6.07) is 17.9. The fourth-order valence-corrected chi connectivity index (χ4v) is 5.17. The highest BCUT2D eigenvalue weighted by atomic mass is 16.5. The molecule has 0 fully saturated rings. The Balaban J connectivity index is 0.00000154. The number of aromatic carboxylic acids is 1. The van der Waals surface area contributed by atoms with Gasteiger partial charge in [0.1, 0.15) is 31.2 Å². The fraction of sp³-hybridized carbons (Fsp3) is 0.333. The third-order valence-corrected chi connectivity index (χ3v) is 7.22. The van der Waals surface area contributed by atoms with E-state index in [0.717, 1.165) is 18.0 Å². The van der Waals surface area contributed by atoms with Crippen molar-refractivity contribution in [2.24, 2.45) is 0 Å². The van der Waals surface area contributed by atoms with Gasteiger partial charge in [0, 0.05) is 74.1 Å². The van der Waals surface area contributed by atoms with Gasteiger partial charge in [-0.1, -0.05) is 24.3 Å². The molecule has 13 nitrogen and oxygen atoms in total. The number of fused-ring (bicyclic) bond motifs is 2. The first-order valence-corrected chi connectivity index (χ1v) is 15.6. The largest absolute Gasteiger partial charge is 0.545 e. The van der Waals surface area contributed by atoms with Crippen molar-refractivity contribution in [2.45, 2.75) is 34.6 Å². The zero-order valence-corrected chi connectivity index (χ0v) is 28.1. The summed E-state index contributed by atoms with van der Waals surface area (Å²) >= 11 is 0. The lowest BCUT2D eigenvalue weighted by atomic mass is 9.90. The van der Waals surface area contributed by atoms with Crippen molar-refractivity contribution in [3.8, 4) is 22.5 Å². The van der Waals surface area contributed by atoms with Crippen LogP contribution in [0.3, 0.4) is 0 Å². The lowest BCUT2D eigenvalue weighted by molar-refractivity contribution is -0.255. The summed E-state index contributed by atoms with van der Waals surface area (Å²) in [4.78, 5) is 57.3. The predicted octanol–water partition coefficient (Wildman–Crippen LogP) is 2.95. The van der Waals surface area contributed by atoms with E-state index in [-0.39, 0.29) is 31.4 Å². The Morgan fingerprint density at radius 1 is 0.796 bits per heavy atom. The monoisotopic (exact) mass is 676 g/mol. The Hall–Kier alpha value is -5.72. The van der Waals surface area contributed by atoms with Crippen molar-refractivity contribution >= 4 is 46.5 Å². The number of carboxylic acids is 2. The van der Waals surface area contributed by atoms with E-state index in [9.17, 15) is 24.3 Å². The average molecular weight is 677 g/mol. The summed E-state index contributed by atoms with van der Waals surface area (Å²) in [6.07, 6.45) is 0. The van der Waals surface area contributed by atoms with E-state index in [1.807, 2.05) is 52.8 Å². The molecule has 260 valence electrons. The van der Waals surface area contributed by atoms with Crippen LogP contribution in [0, 0.1) is 0 Å². The Bertz CT molecular complexity index is 1840. The van der Waals surface area contributed by atoms with Crippen LogP contribution in [-0.4, -0.2) is 81.0 Å². The minimum atomic E-state index is -1.30. The maximum atomic E-state index is 12.2. The summed E-state index contributed by atoms with van der Waals surface area (Å²) in [5.41, 5.74) is 3.21. The molecule has 13 heteroatoms. The summed E-state index contributed by atoms with van der Waals surface area (Å²) in [7, 11) is 0. The summed E-state index contributed by atoms with van der Waals surface area (Å²) in [5, 5.41) is 21.0. The first-order valence-electron chi connectivity index (χ1n) is 15.6. The molecule has 0 unspecified atom stereocenters. The zero-order valence-electron chi connectivity index (χ0n) is 28.1. The van der Waals surface area contributed by atoms with Crippen molar-refractivity contribution in [3.63, 3.8) is 0 Å². The van der Waals surface area contributed by atoms with Gasteiger partial charge in [-0.3, -0.25) is 19.2 Å². The van der Waals surface area contributed by atoms with Gasteiger partial charge in [0.15, 0.2) is 13.1 Å². The van der Waals surface area contributed by atoms with E-state index < -0.39 is 23.9 Å². The molecule has 0 bridgehead atoms. The van der Waals surface area contributed by atoms with Crippen molar-refractivity contribution in [1.29, 1.82) is 0 Å². The van der Waals surface area contributed by atoms with Gasteiger partial charge in [-0.05, 0) is 30.7 Å². The first kappa shape index (κ1) is 37.7. The second kappa shape index (κ2) is 18.0. The predicted molar refractivity (Wildman–Crippen MR) is 179 cm³/mol. The number of rotatable bonds is 13. The number of carbonyl (C=O) groups is 5. The highest BCUT2D eigenvalue weighted by Gasteiger charge is 2.22. The van der Waals surface area contributed by atoms with Crippen LogP contribution in [0.5, 0.6) is 0 Å². The molecular weight excluding hydrogens is 636 g/mol. The smallest absolute Gasteiger partial charge is 0.302 e. The Morgan fingerprint density at radius 3 is 1.96 bits per heavy atom. The van der Waals surface area contributed by atoms with Crippen LogP contribution in [-0.2, 0) is 33.4 Å². The molecule has 0 atom stereocenters. The molecule has 0 spiro atoms. The number of hydrogen-bond acceptors (Lipinski definition) is 11. The van der Waals surface area contributed by atoms with Gasteiger partial charge in [-0.15, -0.1) is 0 Å². The van der Waals surface area contributed by atoms with Crippen LogP contribution in [0.2, 0.25) is 0 Å². The van der Waals surface area contributed by atoms with Crippen LogP contribution in [0.4, 0.5) is 5.69 Å². The number of likely N-dealkylation sites (N-methyl/N-ethyl adjacent to an activating group) is 1. The Kier molecular flexibility index (Phi) is 13.9. The highest BCUT2D eigenvalue weighted by molar-refractivity contribution is 6.07. The van der Waals surface area contributed by atoms with E-state index in [1.165, 1.54) is 26.8 Å². The molecule has 4 rings (SSSR count). The minimum Gasteiger partial charge on any atom is -0.545 e. The van der Waals surface area contributed by atoms with Crippen molar-refractivity contribution in [2.75, 3.05) is 50.9 Å². The number of nitrogens with zero attached hydrogens (tertiary/aromatic N) is 2. The number of esters is 3. The minimum absolute atomic E-state index is 0.0420. The molecule has 2 aliphatic rings. The summed E-state index contributed by atoms with van der Waals surface area (Å²) in [6.45, 7) is 9.35. The maximum absolute atomic E-state index is 12.2. The van der Waals surface area contributed by atoms with Gasteiger partial charge in [0.05, 0.1) is 18.6 Å². The van der Waals surface area contributed by atoms with E-state index in [4.69, 9.17) is 28.5 Å². The lowest BCUT2D eigenvalue weighted by Crippen LogP contribution is -2.36. The Morgan fingerprint density at radius 2 is 1.39 bits per heavy atom. The molecule has 1 N–H and O–H groups in total. The third kappa shape index (κ3) is 10.9. The molecule has 0 radical (unpaired) electrons.